The number of rotatable bonds is 9. The van der Waals surface area contributed by atoms with E-state index in [1.807, 2.05) is 6.92 Å². The van der Waals surface area contributed by atoms with Crippen LogP contribution in [-0.4, -0.2) is 39.9 Å². The minimum atomic E-state index is -3.64. The summed E-state index contributed by atoms with van der Waals surface area (Å²) in [4.78, 5) is 23.6. The predicted octanol–water partition coefficient (Wildman–Crippen LogP) is 0.888. The maximum Gasteiger partial charge on any atom is 0.240 e. The Bertz CT molecular complexity index is 930. The number of hydrogen-bond donors (Lipinski definition) is 3. The van der Waals surface area contributed by atoms with Crippen LogP contribution in [0.1, 0.15) is 11.1 Å². The average Bonchev–Trinajstić information content (AvgIpc) is 2.64. The molecule has 0 saturated carbocycles. The molecule has 0 aromatic heterocycles. The highest BCUT2D eigenvalue weighted by atomic mass is 32.2. The molecule has 0 spiro atoms. The van der Waals surface area contributed by atoms with Crippen molar-refractivity contribution in [2.24, 2.45) is 0 Å². The molecule has 28 heavy (non-hydrogen) atoms. The van der Waals surface area contributed by atoms with E-state index in [2.05, 4.69) is 15.4 Å². The molecule has 150 valence electrons. The lowest BCUT2D eigenvalue weighted by molar-refractivity contribution is -0.125. The zero-order valence-corrected chi connectivity index (χ0v) is 16.2. The van der Waals surface area contributed by atoms with Gasteiger partial charge in [-0.3, -0.25) is 9.59 Å². The van der Waals surface area contributed by atoms with Crippen LogP contribution in [0, 0.1) is 12.7 Å². The number of carbonyl (C=O) groups is 2. The number of benzene rings is 2. The molecule has 3 N–H and O–H groups in total. The lowest BCUT2D eigenvalue weighted by atomic mass is 10.1. The van der Waals surface area contributed by atoms with Crippen molar-refractivity contribution in [2.45, 2.75) is 18.2 Å². The first-order chi connectivity index (χ1) is 13.3. The highest BCUT2D eigenvalue weighted by molar-refractivity contribution is 7.89. The van der Waals surface area contributed by atoms with Gasteiger partial charge < -0.3 is 10.6 Å². The van der Waals surface area contributed by atoms with Gasteiger partial charge in [-0.25, -0.2) is 17.5 Å². The molecule has 9 heteroatoms. The second-order valence-electron chi connectivity index (χ2n) is 6.14. The zero-order chi connectivity index (χ0) is 20.6. The average molecular weight is 407 g/mol. The van der Waals surface area contributed by atoms with Crippen molar-refractivity contribution in [3.05, 3.63) is 65.5 Å². The van der Waals surface area contributed by atoms with Gasteiger partial charge >= 0.3 is 0 Å². The van der Waals surface area contributed by atoms with Gasteiger partial charge in [0.25, 0.3) is 0 Å². The van der Waals surface area contributed by atoms with E-state index in [9.17, 15) is 22.4 Å². The molecule has 0 saturated heterocycles. The molecule has 0 atom stereocenters. The lowest BCUT2D eigenvalue weighted by Crippen LogP contribution is -2.40. The van der Waals surface area contributed by atoms with Crippen molar-refractivity contribution in [1.82, 2.24) is 15.4 Å². The van der Waals surface area contributed by atoms with Gasteiger partial charge in [0.15, 0.2) is 0 Å². The molecule has 0 fully saturated rings. The third-order valence-corrected chi connectivity index (χ3v) is 5.25. The minimum absolute atomic E-state index is 0.0131. The fourth-order valence-corrected chi connectivity index (χ4v) is 3.36. The Balaban J connectivity index is 1.67. The number of amides is 2. The summed E-state index contributed by atoms with van der Waals surface area (Å²) < 4.78 is 39.6. The molecule has 0 heterocycles. The Labute approximate surface area is 163 Å². The molecule has 0 aliphatic carbocycles. The summed E-state index contributed by atoms with van der Waals surface area (Å²) in [6.07, 6.45) is -0.0403. The van der Waals surface area contributed by atoms with Crippen molar-refractivity contribution < 1.29 is 22.4 Å². The first-order valence-corrected chi connectivity index (χ1v) is 10.1. The van der Waals surface area contributed by atoms with Crippen LogP contribution in [0.15, 0.2) is 53.4 Å². The molecule has 7 nitrogen and oxygen atoms in total. The normalized spacial score (nSPS) is 11.1. The number of sulfonamides is 1. The highest BCUT2D eigenvalue weighted by Crippen LogP contribution is 2.09. The molecule has 2 rings (SSSR count). The van der Waals surface area contributed by atoms with Gasteiger partial charge in [0.05, 0.1) is 17.9 Å². The number of halogens is 1. The van der Waals surface area contributed by atoms with Gasteiger partial charge in [-0.05, 0) is 36.8 Å². The summed E-state index contributed by atoms with van der Waals surface area (Å²) in [5, 5.41) is 4.93. The summed E-state index contributed by atoms with van der Waals surface area (Å²) in [7, 11) is -3.64. The second kappa shape index (κ2) is 9.95. The molecule has 0 bridgehead atoms. The van der Waals surface area contributed by atoms with E-state index in [1.165, 1.54) is 30.3 Å². The summed E-state index contributed by atoms with van der Waals surface area (Å²) in [5.74, 6) is -1.31. The van der Waals surface area contributed by atoms with Gasteiger partial charge in [0, 0.05) is 13.1 Å². The van der Waals surface area contributed by atoms with Crippen LogP contribution < -0.4 is 15.4 Å². The molecule has 2 amide bonds. The summed E-state index contributed by atoms with van der Waals surface area (Å²) in [6.45, 7) is 1.69. The fraction of sp³-hybridized carbons (Fsp3) is 0.263. The van der Waals surface area contributed by atoms with Gasteiger partial charge in [-0.15, -0.1) is 0 Å². The molecule has 0 unspecified atom stereocenters. The molecular weight excluding hydrogens is 385 g/mol. The maximum absolute atomic E-state index is 13.1. The maximum atomic E-state index is 13.1. The van der Waals surface area contributed by atoms with E-state index >= 15 is 0 Å². The van der Waals surface area contributed by atoms with Gasteiger partial charge in [-0.2, -0.15) is 0 Å². The fourth-order valence-electron chi connectivity index (χ4n) is 2.32. The Kier molecular flexibility index (Phi) is 7.65. The molecule has 0 aliphatic rings. The number of hydrogen-bond acceptors (Lipinski definition) is 4. The first kappa shape index (κ1) is 21.5. The van der Waals surface area contributed by atoms with Crippen molar-refractivity contribution in [3.8, 4) is 0 Å². The molecule has 0 radical (unpaired) electrons. The van der Waals surface area contributed by atoms with Crippen LogP contribution in [0.25, 0.3) is 0 Å². The highest BCUT2D eigenvalue weighted by Gasteiger charge is 2.13. The number of nitrogens with one attached hydrogen (secondary N) is 3. The Hall–Kier alpha value is -2.78. The van der Waals surface area contributed by atoms with Crippen molar-refractivity contribution in [2.75, 3.05) is 19.6 Å². The number of carbonyl (C=O) groups excluding carboxylic acids is 2. The quantitative estimate of drug-likeness (QED) is 0.537. The topological polar surface area (TPSA) is 104 Å². The summed E-state index contributed by atoms with van der Waals surface area (Å²) in [6, 6.07) is 12.0. The van der Waals surface area contributed by atoms with Gasteiger partial charge in [0.1, 0.15) is 5.82 Å². The monoisotopic (exact) mass is 407 g/mol. The van der Waals surface area contributed by atoms with Crippen molar-refractivity contribution in [3.63, 3.8) is 0 Å². The van der Waals surface area contributed by atoms with Gasteiger partial charge in [-0.1, -0.05) is 29.8 Å². The van der Waals surface area contributed by atoms with Crippen LogP contribution in [0.2, 0.25) is 0 Å². The van der Waals surface area contributed by atoms with E-state index in [-0.39, 0.29) is 31.0 Å². The predicted molar refractivity (Wildman–Crippen MR) is 102 cm³/mol. The Morgan fingerprint density at radius 2 is 1.68 bits per heavy atom. The zero-order valence-electron chi connectivity index (χ0n) is 15.4. The summed E-state index contributed by atoms with van der Waals surface area (Å²) >= 11 is 0. The Morgan fingerprint density at radius 1 is 0.964 bits per heavy atom. The van der Waals surface area contributed by atoms with Crippen LogP contribution in [0.4, 0.5) is 4.39 Å². The molecular formula is C19H22FN3O4S. The van der Waals surface area contributed by atoms with Crippen molar-refractivity contribution in [1.29, 1.82) is 0 Å². The molecule has 0 aliphatic heterocycles. The van der Waals surface area contributed by atoms with Crippen molar-refractivity contribution >= 4 is 21.8 Å². The largest absolute Gasteiger partial charge is 0.353 e. The lowest BCUT2D eigenvalue weighted by Gasteiger charge is -2.09. The third kappa shape index (κ3) is 7.09. The van der Waals surface area contributed by atoms with Gasteiger partial charge in [0.2, 0.25) is 21.8 Å². The molecule has 2 aromatic rings. The second-order valence-corrected chi connectivity index (χ2v) is 7.91. The summed E-state index contributed by atoms with van der Waals surface area (Å²) in [5.41, 5.74) is 1.45. The SMILES string of the molecule is Cc1ccc(S(=O)(=O)NCCNC(=O)CNC(=O)Cc2cccc(F)c2)cc1. The Morgan fingerprint density at radius 3 is 2.36 bits per heavy atom. The first-order valence-electron chi connectivity index (χ1n) is 8.60. The number of aryl methyl sites for hydroxylation is 1. The minimum Gasteiger partial charge on any atom is -0.353 e. The van der Waals surface area contributed by atoms with E-state index in [1.54, 1.807) is 18.2 Å². The van der Waals surface area contributed by atoms with Crippen LogP contribution in [-0.2, 0) is 26.0 Å². The standard InChI is InChI=1S/C19H22FN3O4S/c1-14-5-7-17(8-6-14)28(26,27)23-10-9-21-19(25)13-22-18(24)12-15-3-2-4-16(20)11-15/h2-8,11,23H,9-10,12-13H2,1H3,(H,21,25)(H,22,24). The van der Waals surface area contributed by atoms with E-state index in [0.29, 0.717) is 5.56 Å². The van der Waals surface area contributed by atoms with E-state index in [0.717, 1.165) is 5.56 Å². The smallest absolute Gasteiger partial charge is 0.240 e. The van der Waals surface area contributed by atoms with Crippen LogP contribution in [0.5, 0.6) is 0 Å². The molecule has 2 aromatic carbocycles. The van der Waals surface area contributed by atoms with Crippen LogP contribution in [0.3, 0.4) is 0 Å². The van der Waals surface area contributed by atoms with Crippen LogP contribution >= 0.6 is 0 Å². The van der Waals surface area contributed by atoms with E-state index in [4.69, 9.17) is 0 Å². The van der Waals surface area contributed by atoms with E-state index < -0.39 is 27.7 Å². The third-order valence-electron chi connectivity index (χ3n) is 3.77.